The summed E-state index contributed by atoms with van der Waals surface area (Å²) in [5.41, 5.74) is 2.86. The van der Waals surface area contributed by atoms with Gasteiger partial charge in [0.1, 0.15) is 0 Å². The Kier molecular flexibility index (Phi) is 3.58. The van der Waals surface area contributed by atoms with Crippen LogP contribution in [0.4, 0.5) is 8.78 Å². The molecule has 0 amide bonds. The molecule has 2 heteroatoms. The predicted molar refractivity (Wildman–Crippen MR) is 94.7 cm³/mol. The van der Waals surface area contributed by atoms with E-state index in [2.05, 4.69) is 0 Å². The summed E-state index contributed by atoms with van der Waals surface area (Å²) >= 11 is 0. The van der Waals surface area contributed by atoms with E-state index in [4.69, 9.17) is 0 Å². The monoisotopic (exact) mass is 316 g/mol. The lowest BCUT2D eigenvalue weighted by molar-refractivity contribution is 0.511. The topological polar surface area (TPSA) is 0 Å². The fourth-order valence-electron chi connectivity index (χ4n) is 3.12. The third kappa shape index (κ3) is 2.37. The van der Waals surface area contributed by atoms with Crippen molar-refractivity contribution in [3.63, 3.8) is 0 Å². The van der Waals surface area contributed by atoms with Crippen LogP contribution < -0.4 is 0 Å². The Hall–Kier alpha value is -3.00. The molecular weight excluding hydrogens is 302 g/mol. The molecule has 0 fully saturated rings. The van der Waals surface area contributed by atoms with Crippen molar-refractivity contribution < 1.29 is 8.78 Å². The summed E-state index contributed by atoms with van der Waals surface area (Å²) in [6.45, 7) is 0. The van der Waals surface area contributed by atoms with E-state index < -0.39 is 11.6 Å². The molecule has 0 bridgehead atoms. The Bertz CT molecular complexity index is 1020. The average molecular weight is 316 g/mol. The van der Waals surface area contributed by atoms with E-state index in [-0.39, 0.29) is 5.56 Å². The summed E-state index contributed by atoms with van der Waals surface area (Å²) in [6, 6.07) is 25.9. The molecule has 0 spiro atoms. The van der Waals surface area contributed by atoms with Crippen molar-refractivity contribution in [2.45, 2.75) is 0 Å². The Labute approximate surface area is 139 Å². The van der Waals surface area contributed by atoms with Crippen molar-refractivity contribution in [1.82, 2.24) is 0 Å². The fourth-order valence-corrected chi connectivity index (χ4v) is 3.12. The minimum absolute atomic E-state index is 0.277. The lowest BCUT2D eigenvalue weighted by Crippen LogP contribution is -1.93. The highest BCUT2D eigenvalue weighted by atomic mass is 19.2. The largest absolute Gasteiger partial charge is 0.204 e. The normalized spacial score (nSPS) is 10.9. The molecule has 0 atom stereocenters. The van der Waals surface area contributed by atoms with Gasteiger partial charge in [-0.1, -0.05) is 78.9 Å². The number of benzene rings is 4. The third-order valence-electron chi connectivity index (χ3n) is 4.23. The van der Waals surface area contributed by atoms with Gasteiger partial charge < -0.3 is 0 Å². The van der Waals surface area contributed by atoms with E-state index >= 15 is 0 Å². The molecule has 24 heavy (non-hydrogen) atoms. The van der Waals surface area contributed by atoms with Crippen LogP contribution in [0.25, 0.3) is 33.0 Å². The molecule has 4 rings (SSSR count). The number of halogens is 2. The van der Waals surface area contributed by atoms with E-state index in [0.717, 1.165) is 28.0 Å². The van der Waals surface area contributed by atoms with Crippen LogP contribution in [0.3, 0.4) is 0 Å². The highest BCUT2D eigenvalue weighted by Crippen LogP contribution is 2.39. The summed E-state index contributed by atoms with van der Waals surface area (Å²) in [5.74, 6) is -1.65. The molecule has 0 aliphatic heterocycles. The molecule has 4 aromatic carbocycles. The molecule has 0 aliphatic carbocycles. The van der Waals surface area contributed by atoms with Gasteiger partial charge in [0, 0.05) is 5.56 Å². The molecule has 0 heterocycles. The van der Waals surface area contributed by atoms with E-state index in [0.29, 0.717) is 5.56 Å². The smallest absolute Gasteiger partial charge is 0.166 e. The van der Waals surface area contributed by atoms with Gasteiger partial charge in [-0.15, -0.1) is 0 Å². The van der Waals surface area contributed by atoms with Crippen molar-refractivity contribution in [3.05, 3.63) is 96.6 Å². The Balaban J connectivity index is 2.11. The molecule has 0 radical (unpaired) electrons. The Morgan fingerprint density at radius 2 is 1.29 bits per heavy atom. The first-order valence-electron chi connectivity index (χ1n) is 7.77. The van der Waals surface area contributed by atoms with Gasteiger partial charge in [0.2, 0.25) is 0 Å². The molecule has 116 valence electrons. The van der Waals surface area contributed by atoms with Crippen LogP contribution >= 0.6 is 0 Å². The SMILES string of the molecule is Fc1cccc(-c2ccc3ccccc3c2-c2ccccc2)c1F. The lowest BCUT2D eigenvalue weighted by Gasteiger charge is -2.15. The second-order valence-electron chi connectivity index (χ2n) is 5.68. The molecule has 0 aromatic heterocycles. The van der Waals surface area contributed by atoms with Crippen LogP contribution in [0.1, 0.15) is 0 Å². The highest BCUT2D eigenvalue weighted by Gasteiger charge is 2.16. The second kappa shape index (κ2) is 5.89. The van der Waals surface area contributed by atoms with Gasteiger partial charge in [0.25, 0.3) is 0 Å². The molecule has 0 saturated carbocycles. The first-order chi connectivity index (χ1) is 11.8. The number of fused-ring (bicyclic) bond motifs is 1. The van der Waals surface area contributed by atoms with Crippen molar-refractivity contribution >= 4 is 10.8 Å². The maximum atomic E-state index is 14.4. The maximum absolute atomic E-state index is 14.4. The van der Waals surface area contributed by atoms with Gasteiger partial charge in [0.15, 0.2) is 11.6 Å². The van der Waals surface area contributed by atoms with Crippen LogP contribution in [0.2, 0.25) is 0 Å². The first kappa shape index (κ1) is 14.6. The van der Waals surface area contributed by atoms with Gasteiger partial charge in [-0.3, -0.25) is 0 Å². The number of hydrogen-bond donors (Lipinski definition) is 0. The molecule has 4 aromatic rings. The Morgan fingerprint density at radius 1 is 0.542 bits per heavy atom. The van der Waals surface area contributed by atoms with Crippen LogP contribution in [-0.4, -0.2) is 0 Å². The number of hydrogen-bond acceptors (Lipinski definition) is 0. The molecular formula is C22H14F2. The summed E-state index contributed by atoms with van der Waals surface area (Å²) in [7, 11) is 0. The van der Waals surface area contributed by atoms with Crippen LogP contribution in [0.5, 0.6) is 0 Å². The molecule has 0 unspecified atom stereocenters. The predicted octanol–water partition coefficient (Wildman–Crippen LogP) is 6.45. The lowest BCUT2D eigenvalue weighted by atomic mass is 9.89. The fraction of sp³-hybridized carbons (Fsp3) is 0. The van der Waals surface area contributed by atoms with Crippen molar-refractivity contribution in [1.29, 1.82) is 0 Å². The summed E-state index contributed by atoms with van der Waals surface area (Å²) < 4.78 is 28.1. The van der Waals surface area contributed by atoms with Crippen LogP contribution in [-0.2, 0) is 0 Å². The standard InChI is InChI=1S/C22H14F2/c23-20-12-6-11-19(22(20)24)18-14-13-15-7-4-5-10-17(15)21(18)16-8-2-1-3-9-16/h1-14H. The van der Waals surface area contributed by atoms with Crippen molar-refractivity contribution in [2.75, 3.05) is 0 Å². The van der Waals surface area contributed by atoms with Gasteiger partial charge in [0.05, 0.1) is 0 Å². The minimum Gasteiger partial charge on any atom is -0.204 e. The molecule has 0 saturated heterocycles. The summed E-state index contributed by atoms with van der Waals surface area (Å²) in [4.78, 5) is 0. The summed E-state index contributed by atoms with van der Waals surface area (Å²) in [6.07, 6.45) is 0. The second-order valence-corrected chi connectivity index (χ2v) is 5.68. The maximum Gasteiger partial charge on any atom is 0.166 e. The first-order valence-corrected chi connectivity index (χ1v) is 7.77. The molecule has 0 aliphatic rings. The minimum atomic E-state index is -0.834. The van der Waals surface area contributed by atoms with Gasteiger partial charge in [-0.05, 0) is 33.5 Å². The number of rotatable bonds is 2. The quantitative estimate of drug-likeness (QED) is 0.398. The molecule has 0 N–H and O–H groups in total. The zero-order chi connectivity index (χ0) is 16.5. The van der Waals surface area contributed by atoms with Gasteiger partial charge in [-0.25, -0.2) is 8.78 Å². The van der Waals surface area contributed by atoms with Gasteiger partial charge >= 0.3 is 0 Å². The van der Waals surface area contributed by atoms with E-state index in [1.807, 2.05) is 66.7 Å². The average Bonchev–Trinajstić information content (AvgIpc) is 2.64. The van der Waals surface area contributed by atoms with Crippen LogP contribution in [0.15, 0.2) is 84.9 Å². The third-order valence-corrected chi connectivity index (χ3v) is 4.23. The van der Waals surface area contributed by atoms with Crippen molar-refractivity contribution in [3.8, 4) is 22.3 Å². The van der Waals surface area contributed by atoms with E-state index in [1.165, 1.54) is 6.07 Å². The van der Waals surface area contributed by atoms with Crippen molar-refractivity contribution in [2.24, 2.45) is 0 Å². The molecule has 0 nitrogen and oxygen atoms in total. The van der Waals surface area contributed by atoms with Crippen LogP contribution in [0, 0.1) is 11.6 Å². The van der Waals surface area contributed by atoms with E-state index in [9.17, 15) is 8.78 Å². The van der Waals surface area contributed by atoms with E-state index in [1.54, 1.807) is 6.07 Å². The Morgan fingerprint density at radius 3 is 2.12 bits per heavy atom. The zero-order valence-electron chi connectivity index (χ0n) is 12.8. The summed E-state index contributed by atoms with van der Waals surface area (Å²) in [5, 5.41) is 2.08. The zero-order valence-corrected chi connectivity index (χ0v) is 12.8. The van der Waals surface area contributed by atoms with Gasteiger partial charge in [-0.2, -0.15) is 0 Å². The highest BCUT2D eigenvalue weighted by molar-refractivity contribution is 6.04.